The number of nitrogens with zero attached hydrogens (tertiary/aromatic N) is 1. The van der Waals surface area contributed by atoms with E-state index in [9.17, 15) is 4.79 Å². The lowest BCUT2D eigenvalue weighted by atomic mass is 9.89. The molecule has 1 amide bonds. The molecule has 0 spiro atoms. The van der Waals surface area contributed by atoms with Gasteiger partial charge < -0.3 is 15.0 Å². The number of rotatable bonds is 3. The van der Waals surface area contributed by atoms with E-state index in [-0.39, 0.29) is 12.5 Å². The Labute approximate surface area is 110 Å². The van der Waals surface area contributed by atoms with Gasteiger partial charge in [-0.25, -0.2) is 0 Å². The Hall–Kier alpha value is -0.610. The molecule has 0 aromatic carbocycles. The Morgan fingerprint density at radius 2 is 2.22 bits per heavy atom. The minimum atomic E-state index is 0.155. The number of hydrogen-bond acceptors (Lipinski definition) is 3. The quantitative estimate of drug-likeness (QED) is 0.828. The summed E-state index contributed by atoms with van der Waals surface area (Å²) in [5.41, 5.74) is 0. The molecule has 1 aliphatic heterocycles. The van der Waals surface area contributed by atoms with Crippen LogP contribution in [0.4, 0.5) is 0 Å². The van der Waals surface area contributed by atoms with Crippen molar-refractivity contribution in [2.75, 3.05) is 26.2 Å². The van der Waals surface area contributed by atoms with E-state index < -0.39 is 0 Å². The number of amides is 1. The molecule has 0 bridgehead atoms. The first-order chi connectivity index (χ1) is 8.66. The van der Waals surface area contributed by atoms with E-state index in [2.05, 4.69) is 19.2 Å². The Morgan fingerprint density at radius 3 is 2.94 bits per heavy atom. The van der Waals surface area contributed by atoms with Crippen LogP contribution in [-0.2, 0) is 9.53 Å². The average molecular weight is 254 g/mol. The third kappa shape index (κ3) is 3.69. The van der Waals surface area contributed by atoms with Crippen LogP contribution in [0.3, 0.4) is 0 Å². The largest absolute Gasteiger partial charge is 0.368 e. The number of carbonyl (C=O) groups is 1. The van der Waals surface area contributed by atoms with Gasteiger partial charge in [-0.2, -0.15) is 0 Å². The van der Waals surface area contributed by atoms with Crippen LogP contribution in [0.15, 0.2) is 0 Å². The summed E-state index contributed by atoms with van der Waals surface area (Å²) in [6.07, 6.45) is 5.09. The first kappa shape index (κ1) is 13.8. The molecule has 2 aliphatic rings. The molecular formula is C14H26N2O2. The van der Waals surface area contributed by atoms with E-state index in [4.69, 9.17) is 4.74 Å². The predicted octanol–water partition coefficient (Wildman–Crippen LogP) is 1.40. The fraction of sp³-hybridized carbons (Fsp3) is 0.929. The van der Waals surface area contributed by atoms with Gasteiger partial charge in [0.05, 0.1) is 6.10 Å². The second-order valence-corrected chi connectivity index (χ2v) is 5.85. The fourth-order valence-electron chi connectivity index (χ4n) is 3.01. The van der Waals surface area contributed by atoms with Crippen molar-refractivity contribution in [2.24, 2.45) is 5.92 Å². The van der Waals surface area contributed by atoms with Crippen molar-refractivity contribution < 1.29 is 9.53 Å². The molecule has 0 aromatic rings. The van der Waals surface area contributed by atoms with Crippen LogP contribution in [0.2, 0.25) is 0 Å². The molecule has 0 unspecified atom stereocenters. The number of carbonyl (C=O) groups excluding carboxylic acids is 1. The molecule has 2 rings (SSSR count). The van der Waals surface area contributed by atoms with Gasteiger partial charge >= 0.3 is 0 Å². The molecule has 104 valence electrons. The lowest BCUT2D eigenvalue weighted by molar-refractivity contribution is -0.142. The summed E-state index contributed by atoms with van der Waals surface area (Å²) in [6.45, 7) is 7.23. The summed E-state index contributed by atoms with van der Waals surface area (Å²) < 4.78 is 5.81. The highest BCUT2D eigenvalue weighted by Gasteiger charge is 2.25. The van der Waals surface area contributed by atoms with Gasteiger partial charge in [0.1, 0.15) is 6.61 Å². The zero-order chi connectivity index (χ0) is 13.0. The van der Waals surface area contributed by atoms with Gasteiger partial charge in [-0.3, -0.25) is 4.79 Å². The first-order valence-corrected chi connectivity index (χ1v) is 7.28. The molecule has 4 nitrogen and oxygen atoms in total. The van der Waals surface area contributed by atoms with Crippen LogP contribution < -0.4 is 5.32 Å². The molecule has 3 atom stereocenters. The summed E-state index contributed by atoms with van der Waals surface area (Å²) in [5, 5.41) is 3.30. The summed E-state index contributed by atoms with van der Waals surface area (Å²) in [6, 6.07) is 0.292. The minimum Gasteiger partial charge on any atom is -0.368 e. The van der Waals surface area contributed by atoms with E-state index in [1.165, 1.54) is 12.8 Å². The van der Waals surface area contributed by atoms with E-state index in [0.29, 0.717) is 12.1 Å². The molecule has 1 aliphatic carbocycles. The summed E-state index contributed by atoms with van der Waals surface area (Å²) in [5.74, 6) is 0.902. The fourth-order valence-corrected chi connectivity index (χ4v) is 3.01. The average Bonchev–Trinajstić information content (AvgIpc) is 2.37. The van der Waals surface area contributed by atoms with Crippen LogP contribution in [0.5, 0.6) is 0 Å². The van der Waals surface area contributed by atoms with Crippen molar-refractivity contribution in [3.8, 4) is 0 Å². The smallest absolute Gasteiger partial charge is 0.248 e. The lowest BCUT2D eigenvalue weighted by Gasteiger charge is -2.34. The van der Waals surface area contributed by atoms with E-state index >= 15 is 0 Å². The molecule has 1 saturated heterocycles. The van der Waals surface area contributed by atoms with Gasteiger partial charge in [0, 0.05) is 25.7 Å². The SMILES string of the molecule is C[C@@H]1CCC[C@@H](OCC(=O)N2CCNC[C@H]2C)C1. The second-order valence-electron chi connectivity index (χ2n) is 5.85. The third-order valence-corrected chi connectivity index (χ3v) is 4.15. The summed E-state index contributed by atoms with van der Waals surface area (Å²) >= 11 is 0. The van der Waals surface area contributed by atoms with E-state index in [1.807, 2.05) is 4.90 Å². The first-order valence-electron chi connectivity index (χ1n) is 7.28. The predicted molar refractivity (Wildman–Crippen MR) is 71.4 cm³/mol. The summed E-state index contributed by atoms with van der Waals surface area (Å²) in [7, 11) is 0. The zero-order valence-electron chi connectivity index (χ0n) is 11.7. The van der Waals surface area contributed by atoms with Gasteiger partial charge in [0.15, 0.2) is 0 Å². The second kappa shape index (κ2) is 6.53. The monoisotopic (exact) mass is 254 g/mol. The highest BCUT2D eigenvalue weighted by atomic mass is 16.5. The minimum absolute atomic E-state index is 0.155. The van der Waals surface area contributed by atoms with E-state index in [0.717, 1.165) is 38.4 Å². The van der Waals surface area contributed by atoms with E-state index in [1.54, 1.807) is 0 Å². The van der Waals surface area contributed by atoms with Crippen molar-refractivity contribution >= 4 is 5.91 Å². The van der Waals surface area contributed by atoms with Crippen molar-refractivity contribution in [1.29, 1.82) is 0 Å². The molecule has 1 saturated carbocycles. The normalized spacial score (nSPS) is 33.4. The Balaban J connectivity index is 1.73. The third-order valence-electron chi connectivity index (χ3n) is 4.15. The molecule has 1 N–H and O–H groups in total. The standard InChI is InChI=1S/C14H26N2O2/c1-11-4-3-5-13(8-11)18-10-14(17)16-7-6-15-9-12(16)2/h11-13,15H,3-10H2,1-2H3/t11-,12-,13-/m1/s1. The maximum Gasteiger partial charge on any atom is 0.248 e. The van der Waals surface area contributed by atoms with Crippen molar-refractivity contribution in [1.82, 2.24) is 10.2 Å². The van der Waals surface area contributed by atoms with Gasteiger partial charge in [-0.1, -0.05) is 19.8 Å². The van der Waals surface area contributed by atoms with Crippen molar-refractivity contribution in [2.45, 2.75) is 51.7 Å². The van der Waals surface area contributed by atoms with Crippen molar-refractivity contribution in [3.05, 3.63) is 0 Å². The van der Waals surface area contributed by atoms with Crippen LogP contribution >= 0.6 is 0 Å². The van der Waals surface area contributed by atoms with Gasteiger partial charge in [-0.15, -0.1) is 0 Å². The van der Waals surface area contributed by atoms with Crippen LogP contribution in [-0.4, -0.2) is 49.2 Å². The summed E-state index contributed by atoms with van der Waals surface area (Å²) in [4.78, 5) is 14.1. The maximum absolute atomic E-state index is 12.1. The van der Waals surface area contributed by atoms with Crippen LogP contribution in [0, 0.1) is 5.92 Å². The number of piperazine rings is 1. The molecule has 2 fully saturated rings. The molecule has 0 aromatic heterocycles. The number of hydrogen-bond donors (Lipinski definition) is 1. The number of nitrogens with one attached hydrogen (secondary N) is 1. The van der Waals surface area contributed by atoms with Crippen LogP contribution in [0.1, 0.15) is 39.5 Å². The molecule has 18 heavy (non-hydrogen) atoms. The van der Waals surface area contributed by atoms with Crippen LogP contribution in [0.25, 0.3) is 0 Å². The highest BCUT2D eigenvalue weighted by molar-refractivity contribution is 5.77. The molecule has 4 heteroatoms. The van der Waals surface area contributed by atoms with Crippen molar-refractivity contribution in [3.63, 3.8) is 0 Å². The lowest BCUT2D eigenvalue weighted by Crippen LogP contribution is -2.53. The van der Waals surface area contributed by atoms with Gasteiger partial charge in [0.2, 0.25) is 5.91 Å². The highest BCUT2D eigenvalue weighted by Crippen LogP contribution is 2.25. The van der Waals surface area contributed by atoms with Gasteiger partial charge in [0.25, 0.3) is 0 Å². The molecular weight excluding hydrogens is 228 g/mol. The van der Waals surface area contributed by atoms with Gasteiger partial charge in [-0.05, 0) is 25.7 Å². The molecule has 1 heterocycles. The molecule has 0 radical (unpaired) electrons. The topological polar surface area (TPSA) is 41.6 Å². The number of ether oxygens (including phenoxy) is 1. The Kier molecular flexibility index (Phi) is 5.01. The Morgan fingerprint density at radius 1 is 1.39 bits per heavy atom. The Bertz CT molecular complexity index is 283. The maximum atomic E-state index is 12.1. The zero-order valence-corrected chi connectivity index (χ0v) is 11.7.